The lowest BCUT2D eigenvalue weighted by Gasteiger charge is -2.19. The van der Waals surface area contributed by atoms with Crippen LogP contribution in [0.2, 0.25) is 0 Å². The van der Waals surface area contributed by atoms with Crippen LogP contribution in [-0.2, 0) is 15.0 Å². The van der Waals surface area contributed by atoms with Crippen LogP contribution in [0.25, 0.3) is 0 Å². The summed E-state index contributed by atoms with van der Waals surface area (Å²) in [6, 6.07) is 14.0. The van der Waals surface area contributed by atoms with Gasteiger partial charge in [0, 0.05) is 0 Å². The number of anilines is 1. The number of fused-ring (bicyclic) bond motifs is 1. The van der Waals surface area contributed by atoms with Crippen LogP contribution in [-0.4, -0.2) is 17.8 Å². The van der Waals surface area contributed by atoms with Crippen LogP contribution in [0.1, 0.15) is 62.4 Å². The van der Waals surface area contributed by atoms with Crippen molar-refractivity contribution < 1.29 is 19.1 Å². The number of benzene rings is 2. The maximum Gasteiger partial charge on any atom is 0.343 e. The third-order valence-corrected chi connectivity index (χ3v) is 6.11. The van der Waals surface area contributed by atoms with E-state index in [9.17, 15) is 14.4 Å². The van der Waals surface area contributed by atoms with Crippen molar-refractivity contribution in [2.75, 3.05) is 4.90 Å². The molecule has 2 aromatic rings. The van der Waals surface area contributed by atoms with Crippen LogP contribution in [0.3, 0.4) is 0 Å². The van der Waals surface area contributed by atoms with Gasteiger partial charge in [-0.3, -0.25) is 14.5 Å². The van der Waals surface area contributed by atoms with Crippen molar-refractivity contribution >= 4 is 23.5 Å². The van der Waals surface area contributed by atoms with Gasteiger partial charge in [-0.1, -0.05) is 51.8 Å². The van der Waals surface area contributed by atoms with E-state index in [1.54, 1.807) is 36.4 Å². The second-order valence-electron chi connectivity index (χ2n) is 9.22. The fourth-order valence-corrected chi connectivity index (χ4v) is 4.38. The van der Waals surface area contributed by atoms with Gasteiger partial charge < -0.3 is 4.74 Å². The molecule has 0 aromatic heterocycles. The SMILES string of the molecule is CC(C)(C)c1ccc(OC(=O)c2cccc(N3C(=O)C4CCCCC4C3=O)c2)cc1. The molecule has 1 heterocycles. The normalized spacial score (nSPS) is 21.5. The topological polar surface area (TPSA) is 63.7 Å². The Hall–Kier alpha value is -2.95. The summed E-state index contributed by atoms with van der Waals surface area (Å²) in [6.07, 6.45) is 3.48. The third-order valence-electron chi connectivity index (χ3n) is 6.11. The summed E-state index contributed by atoms with van der Waals surface area (Å²) in [5.41, 5.74) is 1.92. The Morgan fingerprint density at radius 2 is 1.53 bits per heavy atom. The molecule has 1 saturated heterocycles. The molecule has 0 N–H and O–H groups in total. The summed E-state index contributed by atoms with van der Waals surface area (Å²) >= 11 is 0. The van der Waals surface area contributed by atoms with Crippen LogP contribution in [0.5, 0.6) is 5.75 Å². The van der Waals surface area contributed by atoms with E-state index in [0.717, 1.165) is 31.2 Å². The minimum absolute atomic E-state index is 0.0167. The van der Waals surface area contributed by atoms with Gasteiger partial charge in [-0.25, -0.2) is 4.79 Å². The number of imide groups is 1. The number of esters is 1. The van der Waals surface area contributed by atoms with Crippen LogP contribution >= 0.6 is 0 Å². The number of ether oxygens (including phenoxy) is 1. The standard InChI is InChI=1S/C25H27NO4/c1-25(2,3)17-11-13-19(14-12-17)30-24(29)16-7-6-8-18(15-16)26-22(27)20-9-4-5-10-21(20)23(26)28/h6-8,11-15,20-21H,4-5,9-10H2,1-3H3. The molecule has 4 rings (SSSR count). The Kier molecular flexibility index (Phi) is 5.22. The van der Waals surface area contributed by atoms with Crippen LogP contribution in [0.4, 0.5) is 5.69 Å². The first kappa shape index (κ1) is 20.3. The quantitative estimate of drug-likeness (QED) is 0.415. The summed E-state index contributed by atoms with van der Waals surface area (Å²) in [4.78, 5) is 39.6. The molecule has 2 amide bonds. The van der Waals surface area contributed by atoms with E-state index in [2.05, 4.69) is 20.8 Å². The fourth-order valence-electron chi connectivity index (χ4n) is 4.38. The largest absolute Gasteiger partial charge is 0.423 e. The summed E-state index contributed by atoms with van der Waals surface area (Å²) in [5.74, 6) is -0.790. The third kappa shape index (κ3) is 3.76. The molecule has 0 spiro atoms. The fraction of sp³-hybridized carbons (Fsp3) is 0.400. The molecule has 0 radical (unpaired) electrons. The van der Waals surface area contributed by atoms with Gasteiger partial charge in [0.25, 0.3) is 0 Å². The van der Waals surface area contributed by atoms with Gasteiger partial charge in [0.05, 0.1) is 23.1 Å². The Balaban J connectivity index is 1.52. The van der Waals surface area contributed by atoms with Gasteiger partial charge in [-0.05, 0) is 54.2 Å². The van der Waals surface area contributed by atoms with Gasteiger partial charge in [0.1, 0.15) is 5.75 Å². The van der Waals surface area contributed by atoms with Crippen LogP contribution in [0.15, 0.2) is 48.5 Å². The summed E-state index contributed by atoms with van der Waals surface area (Å²) in [7, 11) is 0. The predicted molar refractivity (Wildman–Crippen MR) is 114 cm³/mol. The van der Waals surface area contributed by atoms with E-state index >= 15 is 0 Å². The highest BCUT2D eigenvalue weighted by Gasteiger charge is 2.48. The first-order chi connectivity index (χ1) is 14.3. The molecule has 2 atom stereocenters. The van der Waals surface area contributed by atoms with Crippen molar-refractivity contribution in [1.82, 2.24) is 0 Å². The van der Waals surface area contributed by atoms with Crippen molar-refractivity contribution in [3.05, 3.63) is 59.7 Å². The highest BCUT2D eigenvalue weighted by Crippen LogP contribution is 2.40. The maximum atomic E-state index is 12.8. The first-order valence-corrected chi connectivity index (χ1v) is 10.6. The second kappa shape index (κ2) is 7.71. The lowest BCUT2D eigenvalue weighted by atomic mass is 9.81. The molecular formula is C25H27NO4. The lowest BCUT2D eigenvalue weighted by molar-refractivity contribution is -0.122. The highest BCUT2D eigenvalue weighted by atomic mass is 16.5. The molecule has 30 heavy (non-hydrogen) atoms. The summed E-state index contributed by atoms with van der Waals surface area (Å²) in [6.45, 7) is 6.36. The minimum Gasteiger partial charge on any atom is -0.423 e. The van der Waals surface area contributed by atoms with Gasteiger partial charge in [-0.2, -0.15) is 0 Å². The van der Waals surface area contributed by atoms with Crippen molar-refractivity contribution in [3.8, 4) is 5.75 Å². The molecule has 1 aliphatic carbocycles. The molecule has 2 aromatic carbocycles. The number of rotatable bonds is 3. The monoisotopic (exact) mass is 405 g/mol. The average molecular weight is 405 g/mol. The van der Waals surface area contributed by atoms with Gasteiger partial charge >= 0.3 is 5.97 Å². The Labute approximate surface area is 177 Å². The van der Waals surface area contributed by atoms with Gasteiger partial charge in [0.2, 0.25) is 11.8 Å². The first-order valence-electron chi connectivity index (χ1n) is 10.6. The Morgan fingerprint density at radius 3 is 2.10 bits per heavy atom. The molecule has 2 fully saturated rings. The molecule has 1 saturated carbocycles. The van der Waals surface area contributed by atoms with E-state index < -0.39 is 5.97 Å². The number of nitrogens with zero attached hydrogens (tertiary/aromatic N) is 1. The number of carbonyl (C=O) groups excluding carboxylic acids is 3. The zero-order valence-electron chi connectivity index (χ0n) is 17.7. The number of hydrogen-bond donors (Lipinski definition) is 0. The molecule has 2 unspecified atom stereocenters. The Bertz CT molecular complexity index is 963. The number of hydrogen-bond acceptors (Lipinski definition) is 4. The van der Waals surface area contributed by atoms with E-state index in [1.807, 2.05) is 12.1 Å². The highest BCUT2D eigenvalue weighted by molar-refractivity contribution is 6.22. The molecule has 0 bridgehead atoms. The number of amides is 2. The molecule has 2 aliphatic rings. The van der Waals surface area contributed by atoms with Gasteiger partial charge in [0.15, 0.2) is 0 Å². The van der Waals surface area contributed by atoms with E-state index in [-0.39, 0.29) is 29.1 Å². The smallest absolute Gasteiger partial charge is 0.343 e. The Morgan fingerprint density at radius 1 is 0.933 bits per heavy atom. The van der Waals surface area contributed by atoms with Crippen molar-refractivity contribution in [3.63, 3.8) is 0 Å². The van der Waals surface area contributed by atoms with E-state index in [1.165, 1.54) is 4.90 Å². The molecule has 5 nitrogen and oxygen atoms in total. The lowest BCUT2D eigenvalue weighted by Crippen LogP contribution is -2.31. The average Bonchev–Trinajstić information content (AvgIpc) is 2.98. The zero-order valence-corrected chi connectivity index (χ0v) is 17.7. The second-order valence-corrected chi connectivity index (χ2v) is 9.22. The summed E-state index contributed by atoms with van der Waals surface area (Å²) < 4.78 is 5.51. The minimum atomic E-state index is -0.517. The van der Waals surface area contributed by atoms with Crippen molar-refractivity contribution in [2.24, 2.45) is 11.8 Å². The van der Waals surface area contributed by atoms with Crippen LogP contribution < -0.4 is 9.64 Å². The van der Waals surface area contributed by atoms with E-state index in [4.69, 9.17) is 4.74 Å². The molecule has 156 valence electrons. The van der Waals surface area contributed by atoms with Crippen molar-refractivity contribution in [2.45, 2.75) is 51.9 Å². The van der Waals surface area contributed by atoms with Gasteiger partial charge in [-0.15, -0.1) is 0 Å². The van der Waals surface area contributed by atoms with Crippen LogP contribution in [0, 0.1) is 11.8 Å². The predicted octanol–water partition coefficient (Wildman–Crippen LogP) is 4.88. The zero-order chi connectivity index (χ0) is 21.5. The molecule has 5 heteroatoms. The maximum absolute atomic E-state index is 12.8. The number of carbonyl (C=O) groups is 3. The molecule has 1 aliphatic heterocycles. The van der Waals surface area contributed by atoms with E-state index in [0.29, 0.717) is 17.0 Å². The molecular weight excluding hydrogens is 378 g/mol. The summed E-state index contributed by atoms with van der Waals surface area (Å²) in [5, 5.41) is 0. The van der Waals surface area contributed by atoms with Crippen molar-refractivity contribution in [1.29, 1.82) is 0 Å².